The van der Waals surface area contributed by atoms with E-state index in [4.69, 9.17) is 0 Å². The lowest BCUT2D eigenvalue weighted by molar-refractivity contribution is -0.573. The molecule has 124 valence electrons. The van der Waals surface area contributed by atoms with E-state index < -0.39 is 5.54 Å². The number of unbranched alkanes of at least 4 members (excludes halogenated alkanes) is 2. The van der Waals surface area contributed by atoms with Crippen molar-refractivity contribution in [2.45, 2.75) is 69.7 Å². The van der Waals surface area contributed by atoms with Gasteiger partial charge in [-0.3, -0.25) is 10.1 Å². The molecule has 0 saturated heterocycles. The van der Waals surface area contributed by atoms with Crippen LogP contribution in [0.3, 0.4) is 0 Å². The molecule has 1 heterocycles. The van der Waals surface area contributed by atoms with Crippen molar-refractivity contribution in [1.82, 2.24) is 4.98 Å². The van der Waals surface area contributed by atoms with E-state index in [1.165, 1.54) is 0 Å². The van der Waals surface area contributed by atoms with Crippen LogP contribution >= 0.6 is 0 Å². The number of benzene rings is 1. The number of H-pyrrole nitrogens is 1. The number of rotatable bonds is 7. The molecular weight excluding hydrogens is 288 g/mol. The normalized spacial score (nSPS) is 18.3. The highest BCUT2D eigenvalue weighted by molar-refractivity contribution is 5.83. The van der Waals surface area contributed by atoms with Gasteiger partial charge in [0, 0.05) is 34.9 Å². The Morgan fingerprint density at radius 3 is 2.70 bits per heavy atom. The first kappa shape index (κ1) is 16.0. The number of hydrogen-bond acceptors (Lipinski definition) is 2. The standard InChI is InChI=1S/C19H26N2O2/c1-2-3-4-10-17(19(21(22)23)12-7-8-13-19)16-14-20-18-11-6-5-9-15(16)18/h5-6,9,11,14,17,20H,2-4,7-8,10,12-13H2,1H3. The molecule has 1 unspecified atom stereocenters. The molecule has 0 spiro atoms. The van der Waals surface area contributed by atoms with Gasteiger partial charge in [0.05, 0.1) is 5.92 Å². The van der Waals surface area contributed by atoms with Gasteiger partial charge in [-0.15, -0.1) is 0 Å². The number of fused-ring (bicyclic) bond motifs is 1. The van der Waals surface area contributed by atoms with Gasteiger partial charge >= 0.3 is 0 Å². The minimum Gasteiger partial charge on any atom is -0.361 e. The lowest BCUT2D eigenvalue weighted by Crippen LogP contribution is -2.41. The van der Waals surface area contributed by atoms with Crippen LogP contribution in [-0.4, -0.2) is 15.4 Å². The number of nitrogens with one attached hydrogen (secondary N) is 1. The van der Waals surface area contributed by atoms with Crippen LogP contribution in [0.4, 0.5) is 0 Å². The lowest BCUT2D eigenvalue weighted by Gasteiger charge is -2.30. The van der Waals surface area contributed by atoms with Gasteiger partial charge in [-0.05, 0) is 30.9 Å². The van der Waals surface area contributed by atoms with E-state index in [-0.39, 0.29) is 10.8 Å². The summed E-state index contributed by atoms with van der Waals surface area (Å²) in [6.45, 7) is 2.18. The zero-order chi connectivity index (χ0) is 16.3. The number of nitro groups is 1. The van der Waals surface area contributed by atoms with Crippen LogP contribution in [0, 0.1) is 10.1 Å². The molecule has 1 aliphatic rings. The Labute approximate surface area is 137 Å². The smallest absolute Gasteiger partial charge is 0.229 e. The molecule has 1 N–H and O–H groups in total. The predicted molar refractivity (Wildman–Crippen MR) is 93.4 cm³/mol. The zero-order valence-corrected chi connectivity index (χ0v) is 13.9. The summed E-state index contributed by atoms with van der Waals surface area (Å²) in [5.74, 6) is 0.0164. The first-order chi connectivity index (χ1) is 11.2. The molecule has 0 radical (unpaired) electrons. The summed E-state index contributed by atoms with van der Waals surface area (Å²) in [6.07, 6.45) is 9.68. The molecule has 1 aromatic carbocycles. The Balaban J connectivity index is 2.02. The van der Waals surface area contributed by atoms with Crippen molar-refractivity contribution < 1.29 is 4.92 Å². The van der Waals surface area contributed by atoms with Crippen molar-refractivity contribution in [3.05, 3.63) is 46.1 Å². The second-order valence-electron chi connectivity index (χ2n) is 6.91. The summed E-state index contributed by atoms with van der Waals surface area (Å²) in [5, 5.41) is 13.2. The van der Waals surface area contributed by atoms with Gasteiger partial charge in [0.15, 0.2) is 0 Å². The molecule has 2 aromatic rings. The van der Waals surface area contributed by atoms with Crippen LogP contribution in [0.5, 0.6) is 0 Å². The first-order valence-electron chi connectivity index (χ1n) is 8.89. The maximum absolute atomic E-state index is 12.0. The highest BCUT2D eigenvalue weighted by Gasteiger charge is 2.52. The van der Waals surface area contributed by atoms with E-state index in [9.17, 15) is 10.1 Å². The highest BCUT2D eigenvalue weighted by Crippen LogP contribution is 2.47. The Hall–Kier alpha value is -1.84. The molecule has 1 atom stereocenters. The molecule has 1 saturated carbocycles. The Morgan fingerprint density at radius 1 is 1.26 bits per heavy atom. The van der Waals surface area contributed by atoms with E-state index in [0.29, 0.717) is 0 Å². The number of para-hydroxylation sites is 1. The van der Waals surface area contributed by atoms with Crippen molar-refractivity contribution in [1.29, 1.82) is 0 Å². The topological polar surface area (TPSA) is 58.9 Å². The van der Waals surface area contributed by atoms with E-state index in [1.807, 2.05) is 18.3 Å². The fraction of sp³-hybridized carbons (Fsp3) is 0.579. The lowest BCUT2D eigenvalue weighted by atomic mass is 9.75. The third-order valence-electron chi connectivity index (χ3n) is 5.57. The molecule has 23 heavy (non-hydrogen) atoms. The maximum Gasteiger partial charge on any atom is 0.229 e. The van der Waals surface area contributed by atoms with Gasteiger partial charge in [-0.25, -0.2) is 0 Å². The summed E-state index contributed by atoms with van der Waals surface area (Å²) in [6, 6.07) is 8.18. The fourth-order valence-corrected chi connectivity index (χ4v) is 4.34. The molecule has 1 aromatic heterocycles. The van der Waals surface area contributed by atoms with Crippen LogP contribution in [0.25, 0.3) is 10.9 Å². The van der Waals surface area contributed by atoms with Crippen LogP contribution in [0.2, 0.25) is 0 Å². The van der Waals surface area contributed by atoms with Gasteiger partial charge in [0.1, 0.15) is 0 Å². The minimum atomic E-state index is -0.765. The number of aromatic nitrogens is 1. The largest absolute Gasteiger partial charge is 0.361 e. The average molecular weight is 314 g/mol. The molecule has 0 amide bonds. The van der Waals surface area contributed by atoms with Crippen LogP contribution in [-0.2, 0) is 0 Å². The monoisotopic (exact) mass is 314 g/mol. The summed E-state index contributed by atoms with van der Waals surface area (Å²) in [7, 11) is 0. The van der Waals surface area contributed by atoms with E-state index in [0.717, 1.165) is 67.8 Å². The van der Waals surface area contributed by atoms with Crippen molar-refractivity contribution in [3.63, 3.8) is 0 Å². The quantitative estimate of drug-likeness (QED) is 0.421. The molecule has 1 aliphatic carbocycles. The molecule has 4 nitrogen and oxygen atoms in total. The second kappa shape index (κ2) is 6.73. The van der Waals surface area contributed by atoms with Gasteiger partial charge in [-0.1, -0.05) is 44.4 Å². The van der Waals surface area contributed by atoms with Gasteiger partial charge in [0.2, 0.25) is 5.54 Å². The van der Waals surface area contributed by atoms with Crippen molar-refractivity contribution in [3.8, 4) is 0 Å². The van der Waals surface area contributed by atoms with E-state index in [1.54, 1.807) is 0 Å². The minimum absolute atomic E-state index is 0.0164. The summed E-state index contributed by atoms with van der Waals surface area (Å²) in [5.41, 5.74) is 1.47. The Kier molecular flexibility index (Phi) is 4.69. The van der Waals surface area contributed by atoms with Gasteiger partial charge in [-0.2, -0.15) is 0 Å². The maximum atomic E-state index is 12.0. The SMILES string of the molecule is CCCCCC(c1c[nH]c2ccccc12)C1([N+](=O)[O-])CCCC1. The van der Waals surface area contributed by atoms with Crippen molar-refractivity contribution >= 4 is 10.9 Å². The summed E-state index contributed by atoms with van der Waals surface area (Å²) >= 11 is 0. The van der Waals surface area contributed by atoms with Crippen molar-refractivity contribution in [2.24, 2.45) is 0 Å². The molecular formula is C19H26N2O2. The zero-order valence-electron chi connectivity index (χ0n) is 13.9. The summed E-state index contributed by atoms with van der Waals surface area (Å²) in [4.78, 5) is 15.4. The average Bonchev–Trinajstić information content (AvgIpc) is 3.20. The fourth-order valence-electron chi connectivity index (χ4n) is 4.34. The van der Waals surface area contributed by atoms with Crippen molar-refractivity contribution in [2.75, 3.05) is 0 Å². The molecule has 1 fully saturated rings. The third-order valence-corrected chi connectivity index (χ3v) is 5.57. The van der Waals surface area contributed by atoms with Crippen LogP contribution < -0.4 is 0 Å². The molecule has 3 rings (SSSR count). The van der Waals surface area contributed by atoms with Gasteiger partial charge < -0.3 is 4.98 Å². The number of aromatic amines is 1. The first-order valence-corrected chi connectivity index (χ1v) is 8.89. The predicted octanol–water partition coefficient (Wildman–Crippen LogP) is 5.42. The second-order valence-corrected chi connectivity index (χ2v) is 6.91. The Morgan fingerprint density at radius 2 is 2.00 bits per heavy atom. The highest BCUT2D eigenvalue weighted by atomic mass is 16.6. The van der Waals surface area contributed by atoms with E-state index in [2.05, 4.69) is 24.0 Å². The third kappa shape index (κ3) is 2.87. The summed E-state index contributed by atoms with van der Waals surface area (Å²) < 4.78 is 0. The van der Waals surface area contributed by atoms with Gasteiger partial charge in [0.25, 0.3) is 0 Å². The van der Waals surface area contributed by atoms with Crippen LogP contribution in [0.1, 0.15) is 69.8 Å². The van der Waals surface area contributed by atoms with Crippen LogP contribution in [0.15, 0.2) is 30.5 Å². The van der Waals surface area contributed by atoms with E-state index >= 15 is 0 Å². The molecule has 0 aliphatic heterocycles. The molecule has 0 bridgehead atoms. The Bertz CT molecular complexity index is 671. The number of hydrogen-bond donors (Lipinski definition) is 1. The molecule has 4 heteroatoms. The number of nitrogens with zero attached hydrogens (tertiary/aromatic N) is 1.